The molecule has 1 fully saturated rings. The highest BCUT2D eigenvalue weighted by molar-refractivity contribution is 6.30. The number of ether oxygens (including phenoxy) is 1. The number of nitrogens with zero attached hydrogens (tertiary/aromatic N) is 4. The van der Waals surface area contributed by atoms with Crippen molar-refractivity contribution < 1.29 is 4.74 Å². The Morgan fingerprint density at radius 1 is 1.28 bits per heavy atom. The van der Waals surface area contributed by atoms with Gasteiger partial charge >= 0.3 is 0 Å². The fourth-order valence-electron chi connectivity index (χ4n) is 4.20. The number of fused-ring (bicyclic) bond motifs is 1. The average Bonchev–Trinajstić information content (AvgIpc) is 2.92. The van der Waals surface area contributed by atoms with Crippen molar-refractivity contribution in [2.24, 2.45) is 15.7 Å². The first-order valence-corrected chi connectivity index (χ1v) is 10.7. The minimum atomic E-state index is 0.207. The topological polar surface area (TPSA) is 66.5 Å². The van der Waals surface area contributed by atoms with E-state index in [4.69, 9.17) is 32.1 Å². The molecule has 0 spiro atoms. The van der Waals surface area contributed by atoms with Gasteiger partial charge in [0.05, 0.1) is 19.3 Å². The normalized spacial score (nSPS) is 24.9. The lowest BCUT2D eigenvalue weighted by molar-refractivity contribution is 0.0674. The molecule has 154 valence electrons. The van der Waals surface area contributed by atoms with E-state index in [0.29, 0.717) is 5.16 Å². The van der Waals surface area contributed by atoms with Crippen LogP contribution in [-0.4, -0.2) is 54.2 Å². The van der Waals surface area contributed by atoms with Crippen LogP contribution in [0.15, 0.2) is 67.8 Å². The van der Waals surface area contributed by atoms with Crippen LogP contribution in [0.2, 0.25) is 0 Å². The van der Waals surface area contributed by atoms with Gasteiger partial charge in [0.2, 0.25) is 0 Å². The van der Waals surface area contributed by atoms with Gasteiger partial charge in [-0.15, -0.1) is 0 Å². The van der Waals surface area contributed by atoms with Crippen LogP contribution in [0.1, 0.15) is 33.1 Å². The van der Waals surface area contributed by atoms with Gasteiger partial charge in [-0.25, -0.2) is 9.98 Å². The quantitative estimate of drug-likeness (QED) is 0.717. The number of hydrogen-bond acceptors (Lipinski definition) is 6. The minimum absolute atomic E-state index is 0.207. The van der Waals surface area contributed by atoms with Crippen molar-refractivity contribution in [3.8, 4) is 0 Å². The van der Waals surface area contributed by atoms with Crippen molar-refractivity contribution in [3.05, 3.63) is 57.8 Å². The summed E-state index contributed by atoms with van der Waals surface area (Å²) in [5, 5.41) is 0.477. The van der Waals surface area contributed by atoms with Gasteiger partial charge < -0.3 is 20.3 Å². The fourth-order valence-corrected chi connectivity index (χ4v) is 4.41. The van der Waals surface area contributed by atoms with E-state index in [2.05, 4.69) is 35.9 Å². The van der Waals surface area contributed by atoms with E-state index in [9.17, 15) is 0 Å². The Morgan fingerprint density at radius 2 is 2.07 bits per heavy atom. The van der Waals surface area contributed by atoms with Gasteiger partial charge in [0, 0.05) is 43.2 Å². The molecule has 7 heteroatoms. The average molecular weight is 414 g/mol. The van der Waals surface area contributed by atoms with Crippen LogP contribution < -0.4 is 5.73 Å². The summed E-state index contributed by atoms with van der Waals surface area (Å²) >= 11 is 6.58. The van der Waals surface area contributed by atoms with Gasteiger partial charge in [-0.05, 0) is 36.6 Å². The number of halogens is 1. The zero-order valence-corrected chi connectivity index (χ0v) is 17.8. The first kappa shape index (κ1) is 20.0. The summed E-state index contributed by atoms with van der Waals surface area (Å²) in [6.45, 7) is 7.45. The van der Waals surface area contributed by atoms with E-state index < -0.39 is 0 Å². The second-order valence-electron chi connectivity index (χ2n) is 7.47. The summed E-state index contributed by atoms with van der Waals surface area (Å²) in [7, 11) is 0. The molecule has 4 rings (SSSR count). The Balaban J connectivity index is 1.78. The third-order valence-electron chi connectivity index (χ3n) is 5.76. The number of morpholine rings is 1. The maximum absolute atomic E-state index is 6.58. The van der Waals surface area contributed by atoms with Crippen molar-refractivity contribution in [3.63, 3.8) is 0 Å². The number of rotatable bonds is 3. The van der Waals surface area contributed by atoms with E-state index in [1.54, 1.807) is 0 Å². The van der Waals surface area contributed by atoms with Crippen LogP contribution in [0.4, 0.5) is 0 Å². The van der Waals surface area contributed by atoms with Crippen LogP contribution >= 0.6 is 11.6 Å². The summed E-state index contributed by atoms with van der Waals surface area (Å²) in [5.74, 6) is 1.89. The molecular weight excluding hydrogens is 386 g/mol. The molecule has 4 aliphatic rings. The number of amidine groups is 1. The summed E-state index contributed by atoms with van der Waals surface area (Å²) in [4.78, 5) is 13.9. The maximum Gasteiger partial charge on any atom is 0.143 e. The van der Waals surface area contributed by atoms with Gasteiger partial charge in [-0.3, -0.25) is 0 Å². The molecule has 1 atom stereocenters. The molecular formula is C22H28ClN5O. The highest BCUT2D eigenvalue weighted by atomic mass is 35.5. The van der Waals surface area contributed by atoms with Crippen molar-refractivity contribution in [1.29, 1.82) is 0 Å². The van der Waals surface area contributed by atoms with Crippen LogP contribution in [0.5, 0.6) is 0 Å². The molecule has 6 nitrogen and oxygen atoms in total. The number of allylic oxidation sites excluding steroid dienone is 3. The van der Waals surface area contributed by atoms with Gasteiger partial charge in [0.15, 0.2) is 0 Å². The van der Waals surface area contributed by atoms with Crippen molar-refractivity contribution in [2.75, 3.05) is 26.3 Å². The number of hydrogen-bond donors (Lipinski definition) is 1. The highest BCUT2D eigenvalue weighted by Gasteiger charge is 2.30. The first-order valence-electron chi connectivity index (χ1n) is 10.3. The molecule has 4 aliphatic heterocycles. The monoisotopic (exact) mass is 413 g/mol. The smallest absolute Gasteiger partial charge is 0.143 e. The number of aliphatic imine (C=N–C) groups is 2. The van der Waals surface area contributed by atoms with Crippen LogP contribution in [0.3, 0.4) is 0 Å². The molecule has 0 bridgehead atoms. The van der Waals surface area contributed by atoms with Crippen LogP contribution in [0.25, 0.3) is 0 Å². The summed E-state index contributed by atoms with van der Waals surface area (Å²) < 4.78 is 5.50. The molecule has 4 heterocycles. The van der Waals surface area contributed by atoms with Gasteiger partial charge in [-0.2, -0.15) is 0 Å². The van der Waals surface area contributed by atoms with Crippen molar-refractivity contribution >= 4 is 23.7 Å². The van der Waals surface area contributed by atoms with Crippen LogP contribution in [-0.2, 0) is 4.74 Å². The van der Waals surface area contributed by atoms with Gasteiger partial charge in [-0.1, -0.05) is 31.0 Å². The Kier molecular flexibility index (Phi) is 5.92. The Morgan fingerprint density at radius 3 is 2.79 bits per heavy atom. The molecule has 1 unspecified atom stereocenters. The predicted octanol–water partition coefficient (Wildman–Crippen LogP) is 3.65. The molecule has 1 saturated heterocycles. The number of nitrogens with two attached hydrogens (primary N) is 1. The van der Waals surface area contributed by atoms with E-state index in [0.717, 1.165) is 74.1 Å². The van der Waals surface area contributed by atoms with Crippen molar-refractivity contribution in [1.82, 2.24) is 9.80 Å². The summed E-state index contributed by atoms with van der Waals surface area (Å²) in [6, 6.07) is 0.207. The standard InChI is InChI=1S/C22H28ClN5O/c1-3-15-12-20(27-8-10-29-11-9-27)26-19(23)14-17(15)21-18(24)13-16(4-2)28-7-5-6-25-22(21)28/h5-7,13-14,16H,3-4,8-12,24H2,1-2H3. The van der Waals surface area contributed by atoms with E-state index in [1.165, 1.54) is 5.57 Å². The van der Waals surface area contributed by atoms with Crippen LogP contribution in [0, 0.1) is 0 Å². The summed E-state index contributed by atoms with van der Waals surface area (Å²) in [6.07, 6.45) is 12.5. The Hall–Kier alpha value is -2.31. The second-order valence-corrected chi connectivity index (χ2v) is 7.85. The lowest BCUT2D eigenvalue weighted by atomic mass is 9.90. The molecule has 0 aromatic rings. The molecule has 29 heavy (non-hydrogen) atoms. The van der Waals surface area contributed by atoms with E-state index in [1.807, 2.05) is 18.4 Å². The minimum Gasteiger partial charge on any atom is -0.398 e. The first-order chi connectivity index (χ1) is 14.1. The largest absolute Gasteiger partial charge is 0.398 e. The lowest BCUT2D eigenvalue weighted by Crippen LogP contribution is -2.40. The highest BCUT2D eigenvalue weighted by Crippen LogP contribution is 2.38. The Labute approximate surface area is 177 Å². The third-order valence-corrected chi connectivity index (χ3v) is 5.95. The molecule has 0 radical (unpaired) electrons. The predicted molar refractivity (Wildman–Crippen MR) is 119 cm³/mol. The molecule has 2 N–H and O–H groups in total. The SMILES string of the molecule is CCC1=C(C2=C3N=CC=CN3C(CC)C=C2N)C=C(Cl)N=C(N2CCOCC2)C1. The van der Waals surface area contributed by atoms with E-state index >= 15 is 0 Å². The molecule has 0 aliphatic carbocycles. The van der Waals surface area contributed by atoms with E-state index in [-0.39, 0.29) is 6.04 Å². The van der Waals surface area contributed by atoms with Gasteiger partial charge in [0.1, 0.15) is 16.8 Å². The Bertz CT molecular complexity index is 887. The molecule has 0 aromatic carbocycles. The van der Waals surface area contributed by atoms with Crippen molar-refractivity contribution in [2.45, 2.75) is 39.2 Å². The molecule has 0 aromatic heterocycles. The van der Waals surface area contributed by atoms with Gasteiger partial charge in [0.25, 0.3) is 0 Å². The lowest BCUT2D eigenvalue weighted by Gasteiger charge is -2.36. The zero-order valence-electron chi connectivity index (χ0n) is 17.1. The molecule has 0 saturated carbocycles. The summed E-state index contributed by atoms with van der Waals surface area (Å²) in [5.41, 5.74) is 10.6. The third kappa shape index (κ3) is 3.91. The molecule has 0 amide bonds. The second kappa shape index (κ2) is 8.59. The fraction of sp³-hybridized carbons (Fsp3) is 0.455. The maximum atomic E-state index is 6.58. The zero-order chi connectivity index (χ0) is 20.4.